The van der Waals surface area contributed by atoms with Gasteiger partial charge in [0.15, 0.2) is 10.3 Å². The van der Waals surface area contributed by atoms with Gasteiger partial charge in [0, 0.05) is 150 Å². The minimum atomic E-state index is -0.806. The molecule has 0 bridgehead atoms. The second-order valence-corrected chi connectivity index (χ2v) is 25.9. The summed E-state index contributed by atoms with van der Waals surface area (Å²) in [5.74, 6) is 1.79. The highest BCUT2D eigenvalue weighted by Crippen LogP contribution is 2.40. The Bertz CT molecular complexity index is 4490. The first-order chi connectivity index (χ1) is 47.0. The summed E-state index contributed by atoms with van der Waals surface area (Å²) in [5, 5.41) is 51.4. The van der Waals surface area contributed by atoms with Gasteiger partial charge in [-0.25, -0.2) is 43.7 Å². The van der Waals surface area contributed by atoms with Gasteiger partial charge in [0.05, 0.1) is 36.7 Å². The van der Waals surface area contributed by atoms with Crippen LogP contribution in [0.3, 0.4) is 0 Å². The second-order valence-electron chi connectivity index (χ2n) is 24.0. The Hall–Kier alpha value is -9.91. The van der Waals surface area contributed by atoms with E-state index in [2.05, 4.69) is 46.0 Å². The molecule has 0 aliphatic carbocycles. The summed E-state index contributed by atoms with van der Waals surface area (Å²) in [6.07, 6.45) is 12.1. The largest absolute Gasteiger partial charge is 0.480 e. The fraction of sp³-hybridized carbons (Fsp3) is 0.348. The van der Waals surface area contributed by atoms with E-state index >= 15 is 0 Å². The number of aryl methyl sites for hydroxylation is 2. The number of imidazole rings is 2. The number of anilines is 6. The Morgan fingerprint density at radius 2 is 1.07 bits per heavy atom. The predicted molar refractivity (Wildman–Crippen MR) is 370 cm³/mol. The number of thiazole rings is 2. The molecule has 10 aromatic rings. The van der Waals surface area contributed by atoms with Crippen LogP contribution >= 0.6 is 22.7 Å². The van der Waals surface area contributed by atoms with Crippen molar-refractivity contribution in [3.05, 3.63) is 149 Å². The van der Waals surface area contributed by atoms with Crippen molar-refractivity contribution in [3.63, 3.8) is 0 Å². The van der Waals surface area contributed by atoms with Crippen LogP contribution in [0.1, 0.15) is 47.8 Å². The number of hydrogen-bond donors (Lipinski definition) is 4. The zero-order valence-electron chi connectivity index (χ0n) is 54.1. The Kier molecular flexibility index (Phi) is 20.8. The molecule has 97 heavy (non-hydrogen) atoms. The maximum Gasteiger partial charge on any atom is 0.317 e. The molecule has 2 atom stereocenters. The average molecular weight is 1350 g/mol. The Morgan fingerprint density at radius 1 is 0.588 bits per heavy atom. The van der Waals surface area contributed by atoms with Crippen LogP contribution in [0.25, 0.3) is 56.1 Å². The van der Waals surface area contributed by atoms with Crippen molar-refractivity contribution >= 4 is 79.5 Å². The van der Waals surface area contributed by atoms with Gasteiger partial charge in [-0.2, -0.15) is 10.5 Å². The molecule has 4 aliphatic rings. The van der Waals surface area contributed by atoms with E-state index in [0.717, 1.165) is 121 Å². The summed E-state index contributed by atoms with van der Waals surface area (Å²) in [6, 6.07) is 28.5. The molecule has 0 spiro atoms. The van der Waals surface area contributed by atoms with Crippen LogP contribution in [0.15, 0.2) is 116 Å². The molecule has 0 unspecified atom stereocenters. The highest BCUT2D eigenvalue weighted by atomic mass is 32.1. The topological polar surface area (TPSA) is 276 Å². The fourth-order valence-electron chi connectivity index (χ4n) is 12.2. The number of aromatic nitrogens is 9. The molecule has 4 fully saturated rings. The van der Waals surface area contributed by atoms with E-state index in [-0.39, 0.29) is 30.2 Å². The summed E-state index contributed by atoms with van der Waals surface area (Å²) in [4.78, 5) is 72.0. The average Bonchev–Trinajstić information content (AvgIpc) is 1.64. The third-order valence-corrected chi connectivity index (χ3v) is 19.6. The first kappa shape index (κ1) is 67.1. The molecule has 4 aliphatic heterocycles. The molecule has 1 amide bonds. The normalized spacial score (nSPS) is 16.6. The molecule has 0 radical (unpaired) electrons. The third-order valence-electron chi connectivity index (χ3n) is 17.5. The standard InChI is InChI=1S/C34H35FN10O2S.C31H29FN8O2S.C4H9NO/c1-3-27-32(41(2)34-40-31(28(16-36)48-34)22-4-7-25(35)8-5-22)45-19-23(6-9-29(45)39-27)24-17-37-33(38-18-24)43-14-12-42(13-15-43)21-30(47)44-11-10-26(46)20-44;1-3-24-30(37(2)31-36-29(25(16-33)43-31)20-4-8-23(32)9-5-20)40-18-22(7-11-27(40)35-24)21-6-10-26(34-17-21)39-14-12-38(13-15-39)19-28(41)42;6-4-1-2-5-3-4/h4-9,17-19,26,46H,3,10-15,20-21H2,1-2H3;4-11,17-18H,3,12-15,19H2,1-2H3,(H,41,42);4-6H,1-3H2/t26-;;4-/m0.0/s1. The number of nitrogens with zero attached hydrogens (tertiary/aromatic N) is 18. The van der Waals surface area contributed by atoms with Gasteiger partial charge >= 0.3 is 5.97 Å². The molecule has 14 rings (SSSR count). The van der Waals surface area contributed by atoms with E-state index in [0.29, 0.717) is 100 Å². The first-order valence-electron chi connectivity index (χ1n) is 32.2. The zero-order valence-corrected chi connectivity index (χ0v) is 55.8. The lowest BCUT2D eigenvalue weighted by Crippen LogP contribution is -2.50. The number of pyridine rings is 3. The molecule has 2 aromatic carbocycles. The number of hydrogen-bond acceptors (Lipinski definition) is 22. The number of carboxylic acids is 1. The minimum Gasteiger partial charge on any atom is -0.480 e. The summed E-state index contributed by atoms with van der Waals surface area (Å²) in [7, 11) is 3.82. The van der Waals surface area contributed by atoms with E-state index < -0.39 is 12.1 Å². The highest BCUT2D eigenvalue weighted by Gasteiger charge is 2.29. The number of rotatable bonds is 16. The second kappa shape index (κ2) is 30.0. The summed E-state index contributed by atoms with van der Waals surface area (Å²) in [6.45, 7) is 13.1. The lowest BCUT2D eigenvalue weighted by Gasteiger charge is -2.35. The number of β-amino-alcohol motifs (C(OH)–C–C–N with tert-alkyl or cyclic N) is 2. The van der Waals surface area contributed by atoms with Crippen molar-refractivity contribution in [2.24, 2.45) is 0 Å². The number of piperazine rings is 2. The van der Waals surface area contributed by atoms with Crippen molar-refractivity contribution in [1.82, 2.24) is 63.7 Å². The Balaban J connectivity index is 0.000000171. The summed E-state index contributed by atoms with van der Waals surface area (Å²) >= 11 is 2.56. The third kappa shape index (κ3) is 15.2. The fourth-order valence-corrected chi connectivity index (χ4v) is 13.9. The number of benzene rings is 2. The monoisotopic (exact) mass is 1350 g/mol. The van der Waals surface area contributed by atoms with Crippen molar-refractivity contribution in [2.75, 3.05) is 125 Å². The van der Waals surface area contributed by atoms with Gasteiger partial charge in [-0.15, -0.1) is 0 Å². The number of aliphatic carboxylic acids is 1. The summed E-state index contributed by atoms with van der Waals surface area (Å²) in [5.41, 5.74) is 9.47. The predicted octanol–water partition coefficient (Wildman–Crippen LogP) is 8.38. The van der Waals surface area contributed by atoms with E-state index in [4.69, 9.17) is 45.1 Å². The van der Waals surface area contributed by atoms with Crippen LogP contribution in [0.5, 0.6) is 0 Å². The van der Waals surface area contributed by atoms with E-state index in [9.17, 15) is 34.0 Å². The number of likely N-dealkylation sites (tertiary alicyclic amines) is 1. The lowest BCUT2D eigenvalue weighted by atomic mass is 10.1. The molecule has 8 aromatic heterocycles. The molecular formula is C69H73F2N19O5S2. The van der Waals surface area contributed by atoms with Gasteiger partial charge in [0.25, 0.3) is 0 Å². The molecular weight excluding hydrogens is 1280 g/mol. The van der Waals surface area contributed by atoms with Crippen molar-refractivity contribution < 1.29 is 33.7 Å². The van der Waals surface area contributed by atoms with E-state index in [1.165, 1.54) is 46.9 Å². The van der Waals surface area contributed by atoms with Gasteiger partial charge < -0.3 is 45.1 Å². The molecule has 24 nitrogen and oxygen atoms in total. The SMILES string of the molecule is CCc1nc2ccc(-c3ccc(N4CCN(CC(=O)O)CC4)nc3)cn2c1N(C)c1nc(-c2ccc(F)cc2)c(C#N)s1.CCc1nc2ccc(-c3cnc(N4CCN(CC(=O)N5CC[C@H](O)C5)CC4)nc3)cn2c1N(C)c1nc(-c2ccc(F)cc2)c(C#N)s1.O[C@H]1CCNC1. The van der Waals surface area contributed by atoms with Crippen LogP contribution < -0.4 is 24.9 Å². The smallest absolute Gasteiger partial charge is 0.317 e. The van der Waals surface area contributed by atoms with Gasteiger partial charge in [-0.3, -0.25) is 28.2 Å². The number of aliphatic hydroxyl groups excluding tert-OH is 2. The van der Waals surface area contributed by atoms with Gasteiger partial charge in [0.2, 0.25) is 11.9 Å². The number of halogens is 2. The van der Waals surface area contributed by atoms with E-state index in [1.54, 1.807) is 29.2 Å². The number of aliphatic hydroxyl groups is 2. The number of nitrogens with one attached hydrogen (secondary N) is 1. The highest BCUT2D eigenvalue weighted by molar-refractivity contribution is 7.17. The number of fused-ring (bicyclic) bond motifs is 2. The van der Waals surface area contributed by atoms with Crippen LogP contribution in [0.2, 0.25) is 0 Å². The van der Waals surface area contributed by atoms with Crippen molar-refractivity contribution in [2.45, 2.75) is 51.7 Å². The lowest BCUT2D eigenvalue weighted by molar-refractivity contribution is -0.138. The maximum absolute atomic E-state index is 13.6. The zero-order chi connectivity index (χ0) is 67.9. The quantitative estimate of drug-likeness (QED) is 0.0707. The maximum atomic E-state index is 13.6. The van der Waals surface area contributed by atoms with Crippen molar-refractivity contribution in [3.8, 4) is 56.9 Å². The van der Waals surface area contributed by atoms with Gasteiger partial charge in [-0.1, -0.05) is 36.5 Å². The van der Waals surface area contributed by atoms with E-state index in [1.807, 2.05) is 105 Å². The van der Waals surface area contributed by atoms with Gasteiger partial charge in [0.1, 0.15) is 73.7 Å². The van der Waals surface area contributed by atoms with Crippen LogP contribution in [-0.2, 0) is 22.4 Å². The van der Waals surface area contributed by atoms with Crippen LogP contribution in [-0.4, -0.2) is 204 Å². The van der Waals surface area contributed by atoms with Crippen LogP contribution in [0.4, 0.5) is 42.4 Å². The summed E-state index contributed by atoms with van der Waals surface area (Å²) < 4.78 is 31.1. The molecule has 4 N–H and O–H groups in total. The number of carbonyl (C=O) groups excluding carboxylic acids is 1. The first-order valence-corrected chi connectivity index (χ1v) is 33.8. The van der Waals surface area contributed by atoms with Gasteiger partial charge in [-0.05, 0) is 117 Å². The minimum absolute atomic E-state index is 0.0608. The molecule has 0 saturated carbocycles. The Morgan fingerprint density at radius 3 is 1.51 bits per heavy atom. The molecule has 500 valence electrons. The molecule has 12 heterocycles. The van der Waals surface area contributed by atoms with Crippen molar-refractivity contribution in [1.29, 1.82) is 10.5 Å². The van der Waals surface area contributed by atoms with Crippen LogP contribution in [0, 0.1) is 34.3 Å². The Labute approximate surface area is 567 Å². The molecule has 4 saturated heterocycles. The number of carbonyl (C=O) groups is 2. The molecule has 28 heteroatoms. The number of carboxylic acid groups (broad SMARTS) is 1. The number of nitriles is 2. The number of amides is 1.